The second kappa shape index (κ2) is 16.4. The molecule has 0 N–H and O–H groups in total. The maximum absolute atomic E-state index is 6.45. The zero-order valence-corrected chi connectivity index (χ0v) is 15.4. The Kier molecular flexibility index (Phi) is 32.3. The third kappa shape index (κ3) is 16.9. The highest BCUT2D eigenvalue weighted by atomic mass is 28.5. The van der Waals surface area contributed by atoms with Crippen molar-refractivity contribution in [3.63, 3.8) is 0 Å². The van der Waals surface area contributed by atoms with Crippen molar-refractivity contribution in [2.24, 2.45) is 0 Å². The van der Waals surface area contributed by atoms with Gasteiger partial charge in [-0.1, -0.05) is 65.3 Å². The van der Waals surface area contributed by atoms with Crippen LogP contribution in [0.3, 0.4) is 0 Å². The van der Waals surface area contributed by atoms with Gasteiger partial charge in [-0.15, -0.1) is 0 Å². The Morgan fingerprint density at radius 2 is 0.864 bits per heavy atom. The summed E-state index contributed by atoms with van der Waals surface area (Å²) >= 11 is 0. The van der Waals surface area contributed by atoms with E-state index in [0.717, 1.165) is 0 Å². The molecule has 22 heavy (non-hydrogen) atoms. The van der Waals surface area contributed by atoms with E-state index in [-0.39, 0.29) is 44.6 Å². The summed E-state index contributed by atoms with van der Waals surface area (Å²) in [4.78, 5) is 0. The molecule has 0 saturated heterocycles. The van der Waals surface area contributed by atoms with E-state index in [1.807, 2.05) is 0 Å². The second-order valence-corrected chi connectivity index (χ2v) is 18.8. The third-order valence-corrected chi connectivity index (χ3v) is 16.2. The Labute approximate surface area is 149 Å². The monoisotopic (exact) mass is 374 g/mol. The molecule has 0 aliphatic carbocycles. The van der Waals surface area contributed by atoms with E-state index in [1.54, 1.807) is 0 Å². The van der Waals surface area contributed by atoms with Gasteiger partial charge >= 0.3 is 8.56 Å². The van der Waals surface area contributed by atoms with Crippen LogP contribution in [0, 0.1) is 0 Å². The van der Waals surface area contributed by atoms with E-state index in [0.29, 0.717) is 0 Å². The summed E-state index contributed by atoms with van der Waals surface area (Å²) in [6.07, 6.45) is 0. The summed E-state index contributed by atoms with van der Waals surface area (Å²) in [6, 6.07) is 3.55. The average Bonchev–Trinajstić information content (AvgIpc) is 2.15. The van der Waals surface area contributed by atoms with E-state index < -0.39 is 25.2 Å². The number of hydrogen-bond acceptors (Lipinski definition) is 2. The Morgan fingerprint density at radius 3 is 1.09 bits per heavy atom. The van der Waals surface area contributed by atoms with E-state index in [9.17, 15) is 0 Å². The van der Waals surface area contributed by atoms with Gasteiger partial charge in [-0.2, -0.15) is 0 Å². The van der Waals surface area contributed by atoms with Crippen molar-refractivity contribution in [1.82, 2.24) is 0 Å². The molecule has 0 amide bonds. The van der Waals surface area contributed by atoms with Crippen LogP contribution >= 0.6 is 0 Å². The molecule has 0 aliphatic rings. The first-order valence-electron chi connectivity index (χ1n) is 6.50. The van der Waals surface area contributed by atoms with Crippen molar-refractivity contribution in [3.8, 4) is 0 Å². The molecule has 0 spiro atoms. The summed E-state index contributed by atoms with van der Waals surface area (Å²) in [6.45, 7) is 18.1. The summed E-state index contributed by atoms with van der Waals surface area (Å²) in [5.74, 6) is 0. The molecule has 0 aromatic rings. The number of hydrogen-bond donors (Lipinski definition) is 0. The first-order chi connectivity index (χ1) is 7.10. The lowest BCUT2D eigenvalue weighted by atomic mass is 10.9. The van der Waals surface area contributed by atoms with Gasteiger partial charge in [0.1, 0.15) is 0 Å². The van der Waals surface area contributed by atoms with Crippen molar-refractivity contribution in [2.75, 3.05) is 0 Å². The molecule has 0 bridgehead atoms. The quantitative estimate of drug-likeness (QED) is 0.416. The largest absolute Gasteiger partial charge is 0.437 e. The molecule has 0 fully saturated rings. The van der Waals surface area contributed by atoms with Gasteiger partial charge in [0.25, 0.3) is 0 Å². The first kappa shape index (κ1) is 43.3. The molecule has 0 saturated carbocycles. The van der Waals surface area contributed by atoms with Crippen LogP contribution in [0.15, 0.2) is 0 Å². The maximum atomic E-state index is 6.45. The van der Waals surface area contributed by atoms with E-state index in [1.165, 1.54) is 18.1 Å². The second-order valence-electron chi connectivity index (χ2n) is 5.87. The predicted molar refractivity (Wildman–Crippen MR) is 121 cm³/mol. The zero-order chi connectivity index (χ0) is 13.0. The standard InChI is InChI=1S/C11H30O2Si3.6CH4/c1-9-14(4,5)12-15(6,7)13-16(8,10-2)11-3;;;;;;/h9-11H2,1-8H3;6*1H4. The third-order valence-electron chi connectivity index (χ3n) is 3.36. The van der Waals surface area contributed by atoms with Crippen molar-refractivity contribution < 1.29 is 8.23 Å². The van der Waals surface area contributed by atoms with Gasteiger partial charge in [0, 0.05) is 0 Å². The lowest BCUT2D eigenvalue weighted by Gasteiger charge is -2.39. The van der Waals surface area contributed by atoms with Crippen molar-refractivity contribution in [3.05, 3.63) is 0 Å². The molecule has 0 atom stereocenters. The normalized spacial score (nSPS) is 10.4. The smallest absolute Gasteiger partial charge is 0.311 e. The minimum atomic E-state index is -1.91. The summed E-state index contributed by atoms with van der Waals surface area (Å²) in [7, 11) is -4.88. The fourth-order valence-corrected chi connectivity index (χ4v) is 14.6. The minimum Gasteiger partial charge on any atom is -0.437 e. The topological polar surface area (TPSA) is 18.5 Å². The van der Waals surface area contributed by atoms with E-state index >= 15 is 0 Å². The van der Waals surface area contributed by atoms with Crippen LogP contribution in [0.5, 0.6) is 0 Å². The Balaban J connectivity index is -0.0000000750. The molecule has 5 heteroatoms. The van der Waals surface area contributed by atoms with Crippen molar-refractivity contribution in [2.45, 2.75) is 116 Å². The zero-order valence-electron chi connectivity index (χ0n) is 12.4. The molecule has 0 aliphatic heterocycles. The highest BCUT2D eigenvalue weighted by molar-refractivity contribution is 6.88. The molecule has 2 nitrogen and oxygen atoms in total. The highest BCUT2D eigenvalue weighted by Gasteiger charge is 2.39. The number of rotatable bonds is 7. The SMILES string of the molecule is C.C.C.C.C.C.CC[Si](C)(C)O[Si](C)(C)O[Si](C)(CC)CC. The van der Waals surface area contributed by atoms with Crippen LogP contribution in [-0.4, -0.2) is 25.2 Å². The van der Waals surface area contributed by atoms with Crippen LogP contribution < -0.4 is 0 Å². The Morgan fingerprint density at radius 1 is 0.545 bits per heavy atom. The fraction of sp³-hybridized carbons (Fsp3) is 1.00. The Hall–Kier alpha value is 0.571. The van der Waals surface area contributed by atoms with Crippen LogP contribution in [0.25, 0.3) is 0 Å². The van der Waals surface area contributed by atoms with E-state index in [4.69, 9.17) is 8.23 Å². The van der Waals surface area contributed by atoms with Gasteiger partial charge in [0.05, 0.1) is 0 Å². The van der Waals surface area contributed by atoms with Gasteiger partial charge in [-0.25, -0.2) is 0 Å². The average molecular weight is 375 g/mol. The van der Waals surface area contributed by atoms with Gasteiger partial charge < -0.3 is 8.23 Å². The predicted octanol–water partition coefficient (Wildman–Crippen LogP) is 8.38. The maximum Gasteiger partial charge on any atom is 0.311 e. The molecule has 0 heterocycles. The highest BCUT2D eigenvalue weighted by Crippen LogP contribution is 2.26. The van der Waals surface area contributed by atoms with Crippen molar-refractivity contribution >= 4 is 25.2 Å². The van der Waals surface area contributed by atoms with Gasteiger partial charge in [0.15, 0.2) is 16.6 Å². The van der Waals surface area contributed by atoms with Crippen molar-refractivity contribution in [1.29, 1.82) is 0 Å². The van der Waals surface area contributed by atoms with Crippen LogP contribution in [0.4, 0.5) is 0 Å². The Bertz CT molecular complexity index is 216. The lowest BCUT2D eigenvalue weighted by molar-refractivity contribution is 0.387. The summed E-state index contributed by atoms with van der Waals surface area (Å²) < 4.78 is 12.8. The summed E-state index contributed by atoms with van der Waals surface area (Å²) in [5.41, 5.74) is 0. The lowest BCUT2D eigenvalue weighted by Crippen LogP contribution is -2.52. The molecular formula is C17H54O2Si3. The van der Waals surface area contributed by atoms with E-state index in [2.05, 4.69) is 53.5 Å². The van der Waals surface area contributed by atoms with Gasteiger partial charge in [-0.05, 0) is 50.9 Å². The molecular weight excluding hydrogens is 320 g/mol. The minimum absolute atomic E-state index is 0. The molecule has 0 rings (SSSR count). The van der Waals surface area contributed by atoms with Crippen LogP contribution in [0.2, 0.25) is 50.9 Å². The molecule has 0 radical (unpaired) electrons. The molecule has 0 unspecified atom stereocenters. The van der Waals surface area contributed by atoms with Gasteiger partial charge in [0.2, 0.25) is 0 Å². The molecule has 0 aromatic heterocycles. The fourth-order valence-electron chi connectivity index (χ4n) is 1.75. The first-order valence-corrected chi connectivity index (χ1v) is 15.3. The van der Waals surface area contributed by atoms with Crippen LogP contribution in [-0.2, 0) is 8.23 Å². The van der Waals surface area contributed by atoms with Crippen LogP contribution in [0.1, 0.15) is 65.3 Å². The molecule has 0 aromatic carbocycles. The molecule has 146 valence electrons. The van der Waals surface area contributed by atoms with Gasteiger partial charge in [-0.3, -0.25) is 0 Å². The summed E-state index contributed by atoms with van der Waals surface area (Å²) in [5, 5.41) is 0.